The molecule has 0 fully saturated rings. The fourth-order valence-corrected chi connectivity index (χ4v) is 2.60. The molecular weight excluding hydrogens is 342 g/mol. The van der Waals surface area contributed by atoms with Crippen LogP contribution in [-0.4, -0.2) is 34.1 Å². The summed E-state index contributed by atoms with van der Waals surface area (Å²) in [7, 11) is 1.69. The van der Waals surface area contributed by atoms with E-state index in [0.29, 0.717) is 17.5 Å². The Morgan fingerprint density at radius 1 is 1.07 bits per heavy atom. The van der Waals surface area contributed by atoms with Crippen LogP contribution in [0.1, 0.15) is 23.9 Å². The van der Waals surface area contributed by atoms with Gasteiger partial charge in [0.25, 0.3) is 5.91 Å². The zero-order valence-electron chi connectivity index (χ0n) is 16.0. The summed E-state index contributed by atoms with van der Waals surface area (Å²) in [6.07, 6.45) is -0.614. The molecule has 1 aromatic heterocycles. The van der Waals surface area contributed by atoms with Crippen LogP contribution in [0.25, 0.3) is 11.4 Å². The van der Waals surface area contributed by atoms with Crippen molar-refractivity contribution in [2.75, 3.05) is 7.05 Å². The van der Waals surface area contributed by atoms with Crippen LogP contribution < -0.4 is 4.74 Å². The Hall–Kier alpha value is -3.15. The molecule has 0 spiro atoms. The van der Waals surface area contributed by atoms with Gasteiger partial charge in [-0.1, -0.05) is 52.7 Å². The van der Waals surface area contributed by atoms with Gasteiger partial charge < -0.3 is 14.2 Å². The van der Waals surface area contributed by atoms with Gasteiger partial charge in [0.1, 0.15) is 5.75 Å². The first-order chi connectivity index (χ1) is 12.9. The molecule has 6 heteroatoms. The number of hydrogen-bond donors (Lipinski definition) is 0. The fourth-order valence-electron chi connectivity index (χ4n) is 2.60. The van der Waals surface area contributed by atoms with Crippen molar-refractivity contribution in [3.63, 3.8) is 0 Å². The van der Waals surface area contributed by atoms with Gasteiger partial charge in [-0.3, -0.25) is 4.79 Å². The van der Waals surface area contributed by atoms with Crippen LogP contribution in [0.3, 0.4) is 0 Å². The van der Waals surface area contributed by atoms with E-state index >= 15 is 0 Å². The lowest BCUT2D eigenvalue weighted by atomic mass is 10.1. The summed E-state index contributed by atoms with van der Waals surface area (Å²) >= 11 is 0. The number of aromatic nitrogens is 2. The molecule has 0 radical (unpaired) electrons. The molecule has 27 heavy (non-hydrogen) atoms. The summed E-state index contributed by atoms with van der Waals surface area (Å²) in [6.45, 7) is 5.97. The Balaban J connectivity index is 1.60. The van der Waals surface area contributed by atoms with Crippen LogP contribution in [0.5, 0.6) is 5.75 Å². The van der Waals surface area contributed by atoms with Gasteiger partial charge in [0.15, 0.2) is 6.10 Å². The number of hydrogen-bond acceptors (Lipinski definition) is 5. The molecule has 0 saturated heterocycles. The Bertz CT molecular complexity index is 901. The van der Waals surface area contributed by atoms with Crippen LogP contribution in [0.4, 0.5) is 0 Å². The molecule has 0 aliphatic heterocycles. The van der Waals surface area contributed by atoms with Crippen LogP contribution in [0.15, 0.2) is 53.1 Å². The molecule has 0 aliphatic carbocycles. The number of amides is 1. The third kappa shape index (κ3) is 4.73. The summed E-state index contributed by atoms with van der Waals surface area (Å²) in [6, 6.07) is 15.5. The first kappa shape index (κ1) is 18.6. The van der Waals surface area contributed by atoms with E-state index in [4.69, 9.17) is 9.26 Å². The van der Waals surface area contributed by atoms with Crippen LogP contribution in [0, 0.1) is 13.8 Å². The Morgan fingerprint density at radius 3 is 2.30 bits per heavy atom. The monoisotopic (exact) mass is 365 g/mol. The number of likely N-dealkylation sites (N-methyl/N-ethyl adjacent to an activating group) is 1. The number of nitrogens with zero attached hydrogens (tertiary/aromatic N) is 3. The Kier molecular flexibility index (Phi) is 5.54. The van der Waals surface area contributed by atoms with Crippen molar-refractivity contribution < 1.29 is 14.1 Å². The smallest absolute Gasteiger partial charge is 0.263 e. The third-order valence-electron chi connectivity index (χ3n) is 4.21. The van der Waals surface area contributed by atoms with Crippen molar-refractivity contribution in [1.82, 2.24) is 15.0 Å². The second-order valence-corrected chi connectivity index (χ2v) is 6.65. The number of carbonyl (C=O) groups excluding carboxylic acids is 1. The Labute approximate surface area is 158 Å². The molecule has 0 bridgehead atoms. The first-order valence-corrected chi connectivity index (χ1v) is 8.80. The van der Waals surface area contributed by atoms with Crippen molar-refractivity contribution in [2.24, 2.45) is 0 Å². The summed E-state index contributed by atoms with van der Waals surface area (Å²) < 4.78 is 11.0. The van der Waals surface area contributed by atoms with Gasteiger partial charge in [0.05, 0.1) is 6.54 Å². The molecule has 6 nitrogen and oxygen atoms in total. The zero-order valence-corrected chi connectivity index (χ0v) is 16.0. The minimum atomic E-state index is -0.614. The number of ether oxygens (including phenoxy) is 1. The molecule has 0 unspecified atom stereocenters. The summed E-state index contributed by atoms with van der Waals surface area (Å²) in [4.78, 5) is 18.4. The highest BCUT2D eigenvalue weighted by Gasteiger charge is 2.21. The number of benzene rings is 2. The lowest BCUT2D eigenvalue weighted by Crippen LogP contribution is -2.37. The second kappa shape index (κ2) is 8.03. The van der Waals surface area contributed by atoms with E-state index in [1.54, 1.807) is 14.0 Å². The summed E-state index contributed by atoms with van der Waals surface area (Å²) in [5.41, 5.74) is 3.18. The standard InChI is InChI=1S/C21H23N3O3/c1-14-5-9-17(10-6-14)20-22-19(27-23-20)13-24(4)21(25)16(3)26-18-11-7-15(2)8-12-18/h5-12,16H,13H2,1-4H3/t16-/m1/s1. The minimum absolute atomic E-state index is 0.161. The lowest BCUT2D eigenvalue weighted by molar-refractivity contribution is -0.137. The van der Waals surface area contributed by atoms with Gasteiger partial charge in [-0.25, -0.2) is 0 Å². The average Bonchev–Trinajstić information content (AvgIpc) is 3.12. The van der Waals surface area contributed by atoms with Gasteiger partial charge in [-0.05, 0) is 32.9 Å². The van der Waals surface area contributed by atoms with E-state index in [1.807, 2.05) is 62.4 Å². The number of rotatable bonds is 6. The van der Waals surface area contributed by atoms with Crippen LogP contribution in [-0.2, 0) is 11.3 Å². The van der Waals surface area contributed by atoms with Gasteiger partial charge in [0.2, 0.25) is 11.7 Å². The molecule has 3 aromatic rings. The lowest BCUT2D eigenvalue weighted by Gasteiger charge is -2.20. The van der Waals surface area contributed by atoms with E-state index in [2.05, 4.69) is 10.1 Å². The van der Waals surface area contributed by atoms with E-state index in [1.165, 1.54) is 4.90 Å². The van der Waals surface area contributed by atoms with Crippen molar-refractivity contribution in [3.8, 4) is 17.1 Å². The minimum Gasteiger partial charge on any atom is -0.481 e. The summed E-state index contributed by atoms with van der Waals surface area (Å²) in [5, 5.41) is 3.99. The molecular formula is C21H23N3O3. The van der Waals surface area contributed by atoms with Crippen LogP contribution in [0.2, 0.25) is 0 Å². The normalized spacial score (nSPS) is 11.9. The topological polar surface area (TPSA) is 68.5 Å². The fraction of sp³-hybridized carbons (Fsp3) is 0.286. The largest absolute Gasteiger partial charge is 0.481 e. The maximum absolute atomic E-state index is 12.5. The second-order valence-electron chi connectivity index (χ2n) is 6.65. The van der Waals surface area contributed by atoms with Gasteiger partial charge in [0, 0.05) is 12.6 Å². The maximum Gasteiger partial charge on any atom is 0.263 e. The molecule has 0 N–H and O–H groups in total. The van der Waals surface area contributed by atoms with E-state index in [9.17, 15) is 4.79 Å². The van der Waals surface area contributed by atoms with Crippen molar-refractivity contribution >= 4 is 5.91 Å². The molecule has 140 valence electrons. The predicted molar refractivity (Wildman–Crippen MR) is 102 cm³/mol. The summed E-state index contributed by atoms with van der Waals surface area (Å²) in [5.74, 6) is 1.39. The highest BCUT2D eigenvalue weighted by atomic mass is 16.5. The van der Waals surface area contributed by atoms with E-state index in [-0.39, 0.29) is 12.5 Å². The van der Waals surface area contributed by atoms with Gasteiger partial charge in [-0.15, -0.1) is 0 Å². The van der Waals surface area contributed by atoms with E-state index in [0.717, 1.165) is 16.7 Å². The van der Waals surface area contributed by atoms with Gasteiger partial charge in [-0.2, -0.15) is 4.98 Å². The highest BCUT2D eigenvalue weighted by Crippen LogP contribution is 2.18. The number of aryl methyl sites for hydroxylation is 2. The van der Waals surface area contributed by atoms with Crippen LogP contribution >= 0.6 is 0 Å². The molecule has 2 aromatic carbocycles. The number of carbonyl (C=O) groups is 1. The molecule has 3 rings (SSSR count). The third-order valence-corrected chi connectivity index (χ3v) is 4.21. The quantitative estimate of drug-likeness (QED) is 0.665. The molecule has 1 heterocycles. The predicted octanol–water partition coefficient (Wildman–Crippen LogP) is 3.78. The van der Waals surface area contributed by atoms with E-state index < -0.39 is 6.10 Å². The molecule has 1 atom stereocenters. The SMILES string of the molecule is Cc1ccc(O[C@H](C)C(=O)N(C)Cc2nc(-c3ccc(C)cc3)no2)cc1. The molecule has 0 aliphatic rings. The highest BCUT2D eigenvalue weighted by molar-refractivity contribution is 5.80. The molecule has 1 amide bonds. The first-order valence-electron chi connectivity index (χ1n) is 8.80. The van der Waals surface area contributed by atoms with Crippen molar-refractivity contribution in [1.29, 1.82) is 0 Å². The molecule has 0 saturated carbocycles. The van der Waals surface area contributed by atoms with Crippen molar-refractivity contribution in [3.05, 3.63) is 65.5 Å². The average molecular weight is 365 g/mol. The van der Waals surface area contributed by atoms with Gasteiger partial charge >= 0.3 is 0 Å². The maximum atomic E-state index is 12.5. The Morgan fingerprint density at radius 2 is 1.67 bits per heavy atom. The zero-order chi connectivity index (χ0) is 19.4. The van der Waals surface area contributed by atoms with Crippen molar-refractivity contribution in [2.45, 2.75) is 33.4 Å².